The van der Waals surface area contributed by atoms with Crippen LogP contribution in [0.1, 0.15) is 0 Å². The summed E-state index contributed by atoms with van der Waals surface area (Å²) >= 11 is 0. The molecule has 0 aliphatic rings. The molecule has 0 saturated heterocycles. The number of hydrogen-bond donors (Lipinski definition) is 0. The molecule has 0 radical (unpaired) electrons. The average Bonchev–Trinajstić information content (AvgIpc) is 2.56. The maximum absolute atomic E-state index is 14.2. The van der Waals surface area contributed by atoms with Gasteiger partial charge in [0.1, 0.15) is 5.75 Å². The third kappa shape index (κ3) is 2.90. The van der Waals surface area contributed by atoms with Gasteiger partial charge in [-0.05, 0) is 30.3 Å². The van der Waals surface area contributed by atoms with Crippen LogP contribution in [0, 0.1) is 23.3 Å². The van der Waals surface area contributed by atoms with E-state index in [9.17, 15) is 17.6 Å². The van der Waals surface area contributed by atoms with Crippen molar-refractivity contribution in [2.45, 2.75) is 0 Å². The Balaban J connectivity index is 2.03. The lowest BCUT2D eigenvalue weighted by atomic mass is 10.0. The number of hydrogen-bond acceptors (Lipinski definition) is 1. The van der Waals surface area contributed by atoms with Crippen LogP contribution in [0.2, 0.25) is 0 Å². The van der Waals surface area contributed by atoms with Crippen LogP contribution in [0.5, 0.6) is 11.5 Å². The monoisotopic (exact) mass is 318 g/mol. The van der Waals surface area contributed by atoms with Crippen LogP contribution in [0.25, 0.3) is 11.1 Å². The molecule has 0 aliphatic carbocycles. The molecule has 1 nitrogen and oxygen atoms in total. The van der Waals surface area contributed by atoms with Gasteiger partial charge in [0.15, 0.2) is 23.2 Å². The Morgan fingerprint density at radius 1 is 0.565 bits per heavy atom. The van der Waals surface area contributed by atoms with E-state index in [2.05, 4.69) is 0 Å². The zero-order valence-corrected chi connectivity index (χ0v) is 11.7. The van der Waals surface area contributed by atoms with E-state index in [0.29, 0.717) is 5.75 Å². The van der Waals surface area contributed by atoms with E-state index in [0.717, 1.165) is 12.1 Å². The summed E-state index contributed by atoms with van der Waals surface area (Å²) < 4.78 is 60.6. The molecule has 0 unspecified atom stereocenters. The van der Waals surface area contributed by atoms with Crippen molar-refractivity contribution in [1.29, 1.82) is 0 Å². The van der Waals surface area contributed by atoms with E-state index in [1.807, 2.05) is 0 Å². The van der Waals surface area contributed by atoms with Crippen molar-refractivity contribution in [3.8, 4) is 22.6 Å². The third-order valence-electron chi connectivity index (χ3n) is 3.26. The van der Waals surface area contributed by atoms with Gasteiger partial charge in [-0.15, -0.1) is 0 Å². The van der Waals surface area contributed by atoms with Gasteiger partial charge < -0.3 is 4.74 Å². The molecule has 3 rings (SSSR count). The summed E-state index contributed by atoms with van der Waals surface area (Å²) in [5.41, 5.74) is -0.729. The first-order valence-corrected chi connectivity index (χ1v) is 6.73. The fourth-order valence-corrected chi connectivity index (χ4v) is 2.15. The summed E-state index contributed by atoms with van der Waals surface area (Å²) in [5.74, 6) is -4.95. The van der Waals surface area contributed by atoms with Gasteiger partial charge >= 0.3 is 0 Å². The largest absolute Gasteiger partial charge is 0.454 e. The first-order chi connectivity index (χ1) is 11.1. The number of benzene rings is 3. The molecule has 3 aromatic rings. The van der Waals surface area contributed by atoms with Crippen molar-refractivity contribution in [3.63, 3.8) is 0 Å². The summed E-state index contributed by atoms with van der Waals surface area (Å²) in [6.07, 6.45) is 0. The fraction of sp³-hybridized carbons (Fsp3) is 0. The summed E-state index contributed by atoms with van der Waals surface area (Å²) in [6.45, 7) is 0. The van der Waals surface area contributed by atoms with Crippen LogP contribution in [0.3, 0.4) is 0 Å². The molecule has 116 valence electrons. The van der Waals surface area contributed by atoms with E-state index in [1.165, 1.54) is 18.2 Å². The van der Waals surface area contributed by atoms with E-state index in [1.54, 1.807) is 30.3 Å². The van der Waals surface area contributed by atoms with Crippen molar-refractivity contribution in [3.05, 3.63) is 83.9 Å². The number of halogens is 4. The van der Waals surface area contributed by atoms with Gasteiger partial charge in [-0.25, -0.2) is 13.2 Å². The van der Waals surface area contributed by atoms with Gasteiger partial charge in [-0.3, -0.25) is 0 Å². The molecule has 0 spiro atoms. The topological polar surface area (TPSA) is 9.23 Å². The minimum Gasteiger partial charge on any atom is -0.454 e. The smallest absolute Gasteiger partial charge is 0.201 e. The quantitative estimate of drug-likeness (QED) is 0.563. The van der Waals surface area contributed by atoms with E-state index >= 15 is 0 Å². The number of para-hydroxylation sites is 1. The average molecular weight is 318 g/mol. The molecule has 0 amide bonds. The van der Waals surface area contributed by atoms with Crippen molar-refractivity contribution in [1.82, 2.24) is 0 Å². The van der Waals surface area contributed by atoms with Gasteiger partial charge in [-0.2, -0.15) is 4.39 Å². The first-order valence-electron chi connectivity index (χ1n) is 6.73. The molecule has 5 heteroatoms. The summed E-state index contributed by atoms with van der Waals surface area (Å²) in [5, 5.41) is 0. The normalized spacial score (nSPS) is 10.6. The number of rotatable bonds is 3. The second-order valence-corrected chi connectivity index (χ2v) is 4.76. The molecule has 23 heavy (non-hydrogen) atoms. The molecule has 0 bridgehead atoms. The summed E-state index contributed by atoms with van der Waals surface area (Å²) in [7, 11) is 0. The predicted molar refractivity (Wildman–Crippen MR) is 78.2 cm³/mol. The maximum atomic E-state index is 14.2. The van der Waals surface area contributed by atoms with Crippen molar-refractivity contribution >= 4 is 0 Å². The minimum absolute atomic E-state index is 0.329. The van der Waals surface area contributed by atoms with Gasteiger partial charge in [-0.1, -0.05) is 30.3 Å². The second-order valence-electron chi connectivity index (χ2n) is 4.76. The molecule has 0 atom stereocenters. The van der Waals surface area contributed by atoms with Crippen LogP contribution < -0.4 is 4.74 Å². The lowest BCUT2D eigenvalue weighted by molar-refractivity contribution is 0.416. The summed E-state index contributed by atoms with van der Waals surface area (Å²) in [4.78, 5) is 0. The van der Waals surface area contributed by atoms with E-state index in [4.69, 9.17) is 4.74 Å². The molecular weight excluding hydrogens is 308 g/mol. The Bertz CT molecular complexity index is 847. The Kier molecular flexibility index (Phi) is 4.02. The molecule has 0 aliphatic heterocycles. The Morgan fingerprint density at radius 3 is 2.00 bits per heavy atom. The molecule has 0 fully saturated rings. The van der Waals surface area contributed by atoms with Gasteiger partial charge in [0.05, 0.1) is 0 Å². The SMILES string of the molecule is Fc1cccc(-c2ccc(Oc3ccccc3)c(F)c2F)c1F. The standard InChI is InChI=1S/C18H10F4O/c19-14-8-4-7-12(16(14)20)13-9-10-15(18(22)17(13)21)23-11-5-2-1-3-6-11/h1-10H. The van der Waals surface area contributed by atoms with Crippen molar-refractivity contribution in [2.24, 2.45) is 0 Å². The number of ether oxygens (including phenoxy) is 1. The highest BCUT2D eigenvalue weighted by Gasteiger charge is 2.19. The molecule has 0 heterocycles. The Hall–Kier alpha value is -2.82. The highest BCUT2D eigenvalue weighted by Crippen LogP contribution is 2.33. The third-order valence-corrected chi connectivity index (χ3v) is 3.26. The molecular formula is C18H10F4O. The Morgan fingerprint density at radius 2 is 1.26 bits per heavy atom. The zero-order chi connectivity index (χ0) is 16.4. The lowest BCUT2D eigenvalue weighted by Crippen LogP contribution is -1.97. The molecule has 0 saturated carbocycles. The molecule has 0 aromatic heterocycles. The maximum Gasteiger partial charge on any atom is 0.201 e. The zero-order valence-electron chi connectivity index (χ0n) is 11.7. The lowest BCUT2D eigenvalue weighted by Gasteiger charge is -2.11. The minimum atomic E-state index is -1.30. The predicted octanol–water partition coefficient (Wildman–Crippen LogP) is 5.70. The molecule has 3 aromatic carbocycles. The van der Waals surface area contributed by atoms with Crippen LogP contribution in [-0.4, -0.2) is 0 Å². The van der Waals surface area contributed by atoms with Gasteiger partial charge in [0, 0.05) is 11.1 Å². The van der Waals surface area contributed by atoms with Crippen LogP contribution in [-0.2, 0) is 0 Å². The summed E-state index contributed by atoms with van der Waals surface area (Å²) in [6, 6.07) is 13.9. The second kappa shape index (κ2) is 6.12. The van der Waals surface area contributed by atoms with E-state index < -0.39 is 23.3 Å². The van der Waals surface area contributed by atoms with Crippen LogP contribution >= 0.6 is 0 Å². The van der Waals surface area contributed by atoms with Crippen LogP contribution in [0.15, 0.2) is 60.7 Å². The van der Waals surface area contributed by atoms with Crippen LogP contribution in [0.4, 0.5) is 17.6 Å². The first kappa shape index (κ1) is 15.1. The van der Waals surface area contributed by atoms with Gasteiger partial charge in [0.25, 0.3) is 0 Å². The highest BCUT2D eigenvalue weighted by molar-refractivity contribution is 5.66. The van der Waals surface area contributed by atoms with Crippen molar-refractivity contribution < 1.29 is 22.3 Å². The highest BCUT2D eigenvalue weighted by atomic mass is 19.2. The van der Waals surface area contributed by atoms with E-state index in [-0.39, 0.29) is 16.9 Å². The molecule has 0 N–H and O–H groups in total. The fourth-order valence-electron chi connectivity index (χ4n) is 2.15. The van der Waals surface area contributed by atoms with Gasteiger partial charge in [0.2, 0.25) is 5.82 Å². The Labute approximate surface area is 129 Å². The van der Waals surface area contributed by atoms with Crippen molar-refractivity contribution in [2.75, 3.05) is 0 Å².